The van der Waals surface area contributed by atoms with E-state index < -0.39 is 0 Å². The summed E-state index contributed by atoms with van der Waals surface area (Å²) in [6, 6.07) is 5.24. The van der Waals surface area contributed by atoms with Crippen molar-refractivity contribution in [3.63, 3.8) is 0 Å². The van der Waals surface area contributed by atoms with Crippen LogP contribution in [-0.4, -0.2) is 13.1 Å². The van der Waals surface area contributed by atoms with Crippen molar-refractivity contribution in [3.8, 4) is 0 Å². The molecule has 1 unspecified atom stereocenters. The molecular formula is C17H29N. The zero-order chi connectivity index (χ0) is 13.9. The van der Waals surface area contributed by atoms with E-state index in [0.29, 0.717) is 11.5 Å². The van der Waals surface area contributed by atoms with Crippen LogP contribution >= 0.6 is 0 Å². The van der Waals surface area contributed by atoms with Crippen molar-refractivity contribution in [1.82, 2.24) is 5.32 Å². The molecule has 0 aliphatic heterocycles. The molecule has 0 radical (unpaired) electrons. The summed E-state index contributed by atoms with van der Waals surface area (Å²) in [6.45, 7) is 13.5. The first-order valence-electron chi connectivity index (χ1n) is 6.99. The lowest BCUT2D eigenvalue weighted by Gasteiger charge is -2.30. The van der Waals surface area contributed by atoms with E-state index >= 15 is 0 Å². The first-order chi connectivity index (χ1) is 8.25. The molecule has 1 nitrogen and oxygen atoms in total. The minimum absolute atomic E-state index is 0.322. The van der Waals surface area contributed by atoms with Crippen molar-refractivity contribution in [1.29, 1.82) is 0 Å². The van der Waals surface area contributed by atoms with E-state index in [1.54, 1.807) is 0 Å². The average molecular weight is 247 g/mol. The van der Waals surface area contributed by atoms with Gasteiger partial charge in [-0.3, -0.25) is 0 Å². The first kappa shape index (κ1) is 15.2. The van der Waals surface area contributed by atoms with Crippen molar-refractivity contribution in [2.24, 2.45) is 5.41 Å². The molecule has 102 valence electrons. The second-order valence-corrected chi connectivity index (χ2v) is 6.61. The van der Waals surface area contributed by atoms with E-state index in [4.69, 9.17) is 0 Å². The molecule has 0 aliphatic carbocycles. The van der Waals surface area contributed by atoms with Gasteiger partial charge in [0.05, 0.1) is 0 Å². The Balaban J connectivity index is 2.77. The molecule has 0 aliphatic rings. The summed E-state index contributed by atoms with van der Waals surface area (Å²) in [7, 11) is 2.07. The fraction of sp³-hybridized carbons (Fsp3) is 0.647. The van der Waals surface area contributed by atoms with Gasteiger partial charge in [-0.05, 0) is 68.3 Å². The van der Waals surface area contributed by atoms with Gasteiger partial charge in [-0.1, -0.05) is 32.9 Å². The van der Waals surface area contributed by atoms with Crippen LogP contribution in [0.5, 0.6) is 0 Å². The van der Waals surface area contributed by atoms with Crippen LogP contribution in [0.15, 0.2) is 12.1 Å². The van der Waals surface area contributed by atoms with Gasteiger partial charge in [0.2, 0.25) is 0 Å². The highest BCUT2D eigenvalue weighted by Crippen LogP contribution is 2.24. The van der Waals surface area contributed by atoms with E-state index in [1.807, 2.05) is 0 Å². The Bertz CT molecular complexity index is 399. The van der Waals surface area contributed by atoms with Crippen LogP contribution in [0.1, 0.15) is 49.4 Å². The Morgan fingerprint density at radius 3 is 2.06 bits per heavy atom. The van der Waals surface area contributed by atoms with Gasteiger partial charge in [0.15, 0.2) is 0 Å². The molecule has 1 aromatic rings. The Labute approximate surface area is 113 Å². The summed E-state index contributed by atoms with van der Waals surface area (Å²) in [5, 5.41) is 3.46. The van der Waals surface area contributed by atoms with Crippen LogP contribution in [0.3, 0.4) is 0 Å². The van der Waals surface area contributed by atoms with Gasteiger partial charge in [-0.2, -0.15) is 0 Å². The van der Waals surface area contributed by atoms with E-state index in [0.717, 1.165) is 6.42 Å². The second-order valence-electron chi connectivity index (χ2n) is 6.61. The molecule has 0 heterocycles. The smallest absolute Gasteiger partial charge is 0.0116 e. The third-order valence-corrected chi connectivity index (χ3v) is 4.05. The molecule has 1 N–H and O–H groups in total. The summed E-state index contributed by atoms with van der Waals surface area (Å²) < 4.78 is 0. The molecule has 0 saturated carbocycles. The van der Waals surface area contributed by atoms with Gasteiger partial charge in [0, 0.05) is 6.04 Å². The topological polar surface area (TPSA) is 12.0 Å². The van der Waals surface area contributed by atoms with Crippen LogP contribution in [0.25, 0.3) is 0 Å². The van der Waals surface area contributed by atoms with Crippen LogP contribution in [0.2, 0.25) is 0 Å². The van der Waals surface area contributed by atoms with Crippen LogP contribution in [0, 0.1) is 26.2 Å². The van der Waals surface area contributed by atoms with E-state index in [-0.39, 0.29) is 0 Å². The Morgan fingerprint density at radius 2 is 1.56 bits per heavy atom. The maximum Gasteiger partial charge on any atom is 0.0116 e. The van der Waals surface area contributed by atoms with Crippen LogP contribution in [-0.2, 0) is 6.42 Å². The summed E-state index contributed by atoms with van der Waals surface area (Å²) in [5.74, 6) is 0. The largest absolute Gasteiger partial charge is 0.316 e. The number of hydrogen-bond acceptors (Lipinski definition) is 1. The molecular weight excluding hydrogens is 218 g/mol. The standard InChI is InChI=1S/C17H29N/c1-12-10-14(3)15(11-13(12)2)8-9-16(18-7)17(4,5)6/h10-11,16,18H,8-9H2,1-7H3. The number of benzene rings is 1. The van der Waals surface area contributed by atoms with Crippen LogP contribution in [0.4, 0.5) is 0 Å². The monoisotopic (exact) mass is 247 g/mol. The lowest BCUT2D eigenvalue weighted by Crippen LogP contribution is -2.38. The number of hydrogen-bond donors (Lipinski definition) is 1. The zero-order valence-electron chi connectivity index (χ0n) is 13.1. The van der Waals surface area contributed by atoms with Crippen molar-refractivity contribution < 1.29 is 0 Å². The molecule has 0 saturated heterocycles. The zero-order valence-corrected chi connectivity index (χ0v) is 13.1. The number of aryl methyl sites for hydroxylation is 4. The maximum absolute atomic E-state index is 3.46. The van der Waals surface area contributed by atoms with Gasteiger partial charge in [-0.15, -0.1) is 0 Å². The summed E-state index contributed by atoms with van der Waals surface area (Å²) in [5.41, 5.74) is 6.07. The molecule has 18 heavy (non-hydrogen) atoms. The molecule has 0 fully saturated rings. The normalized spacial score (nSPS) is 13.7. The lowest BCUT2D eigenvalue weighted by molar-refractivity contribution is 0.268. The third-order valence-electron chi connectivity index (χ3n) is 4.05. The second kappa shape index (κ2) is 5.88. The maximum atomic E-state index is 3.46. The first-order valence-corrected chi connectivity index (χ1v) is 6.99. The minimum Gasteiger partial charge on any atom is -0.316 e. The SMILES string of the molecule is CNC(CCc1cc(C)c(C)cc1C)C(C)(C)C. The summed E-state index contributed by atoms with van der Waals surface area (Å²) in [6.07, 6.45) is 2.36. The Morgan fingerprint density at radius 1 is 1.00 bits per heavy atom. The summed E-state index contributed by atoms with van der Waals surface area (Å²) >= 11 is 0. The molecule has 1 aromatic carbocycles. The quantitative estimate of drug-likeness (QED) is 0.841. The fourth-order valence-corrected chi connectivity index (χ4v) is 2.60. The van der Waals surface area contributed by atoms with Crippen molar-refractivity contribution in [2.45, 2.75) is 60.4 Å². The van der Waals surface area contributed by atoms with Crippen molar-refractivity contribution in [2.75, 3.05) is 7.05 Å². The molecule has 1 atom stereocenters. The summed E-state index contributed by atoms with van der Waals surface area (Å²) in [4.78, 5) is 0. The third kappa shape index (κ3) is 3.84. The number of nitrogens with one attached hydrogen (secondary N) is 1. The van der Waals surface area contributed by atoms with Gasteiger partial charge in [0.25, 0.3) is 0 Å². The Hall–Kier alpha value is -0.820. The van der Waals surface area contributed by atoms with Gasteiger partial charge >= 0.3 is 0 Å². The Kier molecular flexibility index (Phi) is 4.98. The van der Waals surface area contributed by atoms with E-state index in [9.17, 15) is 0 Å². The van der Waals surface area contributed by atoms with Gasteiger partial charge < -0.3 is 5.32 Å². The highest BCUT2D eigenvalue weighted by atomic mass is 14.9. The highest BCUT2D eigenvalue weighted by Gasteiger charge is 2.22. The van der Waals surface area contributed by atoms with Gasteiger partial charge in [-0.25, -0.2) is 0 Å². The van der Waals surface area contributed by atoms with Crippen LogP contribution < -0.4 is 5.32 Å². The molecule has 0 aromatic heterocycles. The van der Waals surface area contributed by atoms with Crippen molar-refractivity contribution >= 4 is 0 Å². The molecule has 0 bridgehead atoms. The van der Waals surface area contributed by atoms with E-state index in [1.165, 1.54) is 28.7 Å². The number of rotatable bonds is 4. The molecule has 1 heteroatoms. The molecule has 0 amide bonds. The predicted octanol–water partition coefficient (Wildman–Crippen LogP) is 4.18. The average Bonchev–Trinajstić information content (AvgIpc) is 2.24. The minimum atomic E-state index is 0.322. The van der Waals surface area contributed by atoms with E-state index in [2.05, 4.69) is 66.0 Å². The lowest BCUT2D eigenvalue weighted by atomic mass is 9.83. The highest BCUT2D eigenvalue weighted by molar-refractivity contribution is 5.36. The van der Waals surface area contributed by atoms with Gasteiger partial charge in [0.1, 0.15) is 0 Å². The molecule has 0 spiro atoms. The van der Waals surface area contributed by atoms with Crippen molar-refractivity contribution in [3.05, 3.63) is 34.4 Å². The fourth-order valence-electron chi connectivity index (χ4n) is 2.60. The predicted molar refractivity (Wildman–Crippen MR) is 81.3 cm³/mol. The molecule has 1 rings (SSSR count).